The number of likely N-dealkylation sites (tertiary alicyclic amines) is 1. The Morgan fingerprint density at radius 2 is 2.05 bits per heavy atom. The molecule has 112 valence electrons. The molecule has 1 aromatic carbocycles. The van der Waals surface area contributed by atoms with Gasteiger partial charge in [0.25, 0.3) is 0 Å². The first kappa shape index (κ1) is 15.5. The van der Waals surface area contributed by atoms with Crippen LogP contribution in [0.2, 0.25) is 0 Å². The lowest BCUT2D eigenvalue weighted by Crippen LogP contribution is -2.38. The molecule has 1 aromatic rings. The summed E-state index contributed by atoms with van der Waals surface area (Å²) < 4.78 is 18.0. The molecule has 5 heteroatoms. The Labute approximate surface area is 124 Å². The van der Waals surface area contributed by atoms with Crippen LogP contribution >= 0.6 is 0 Å². The van der Waals surface area contributed by atoms with E-state index in [1.807, 2.05) is 4.90 Å². The van der Waals surface area contributed by atoms with Crippen molar-refractivity contribution in [2.45, 2.75) is 25.8 Å². The van der Waals surface area contributed by atoms with Crippen molar-refractivity contribution in [1.29, 1.82) is 5.26 Å². The fraction of sp³-hybridized carbons (Fsp3) is 0.500. The second kappa shape index (κ2) is 7.19. The average Bonchev–Trinajstić information content (AvgIpc) is 2.51. The van der Waals surface area contributed by atoms with E-state index in [1.54, 1.807) is 19.1 Å². The van der Waals surface area contributed by atoms with E-state index < -0.39 is 6.04 Å². The molecule has 1 saturated heterocycles. The largest absolute Gasteiger partial charge is 0.466 e. The molecule has 1 aliphatic heterocycles. The highest BCUT2D eigenvalue weighted by Gasteiger charge is 2.30. The summed E-state index contributed by atoms with van der Waals surface area (Å²) in [6.45, 7) is 3.53. The number of benzene rings is 1. The van der Waals surface area contributed by atoms with E-state index >= 15 is 0 Å². The molecule has 0 spiro atoms. The van der Waals surface area contributed by atoms with Gasteiger partial charge in [-0.15, -0.1) is 0 Å². The second-order valence-corrected chi connectivity index (χ2v) is 5.15. The molecule has 0 saturated carbocycles. The highest BCUT2D eigenvalue weighted by Crippen LogP contribution is 2.27. The summed E-state index contributed by atoms with van der Waals surface area (Å²) in [6.07, 6.45) is 1.39. The van der Waals surface area contributed by atoms with Crippen LogP contribution < -0.4 is 0 Å². The Bertz CT molecular complexity index is 516. The predicted octanol–water partition coefficient (Wildman–Crippen LogP) is 2.67. The number of carbonyl (C=O) groups is 1. The summed E-state index contributed by atoms with van der Waals surface area (Å²) in [4.78, 5) is 13.7. The average molecular weight is 290 g/mol. The van der Waals surface area contributed by atoms with Crippen LogP contribution in [-0.4, -0.2) is 30.6 Å². The van der Waals surface area contributed by atoms with E-state index in [0.29, 0.717) is 32.5 Å². The number of halogens is 1. The highest BCUT2D eigenvalue weighted by molar-refractivity contribution is 5.72. The zero-order valence-electron chi connectivity index (χ0n) is 12.1. The van der Waals surface area contributed by atoms with Crippen LogP contribution in [0.5, 0.6) is 0 Å². The molecule has 4 nitrogen and oxygen atoms in total. The van der Waals surface area contributed by atoms with Crippen LogP contribution in [-0.2, 0) is 9.53 Å². The molecule has 0 bridgehead atoms. The second-order valence-electron chi connectivity index (χ2n) is 5.15. The number of hydrogen-bond donors (Lipinski definition) is 0. The molecule has 1 fully saturated rings. The quantitative estimate of drug-likeness (QED) is 0.800. The van der Waals surface area contributed by atoms with E-state index in [9.17, 15) is 14.4 Å². The minimum absolute atomic E-state index is 0.0752. The van der Waals surface area contributed by atoms with Crippen LogP contribution in [0.15, 0.2) is 24.3 Å². The molecule has 1 heterocycles. The van der Waals surface area contributed by atoms with Crippen LogP contribution in [0.1, 0.15) is 31.4 Å². The van der Waals surface area contributed by atoms with Gasteiger partial charge in [0, 0.05) is 13.1 Å². The smallest absolute Gasteiger partial charge is 0.309 e. The number of hydrogen-bond acceptors (Lipinski definition) is 4. The lowest BCUT2D eigenvalue weighted by atomic mass is 9.94. The number of carbonyl (C=O) groups excluding carboxylic acids is 1. The van der Waals surface area contributed by atoms with Crippen molar-refractivity contribution >= 4 is 5.97 Å². The topological polar surface area (TPSA) is 53.3 Å². The molecule has 0 aromatic heterocycles. The van der Waals surface area contributed by atoms with Gasteiger partial charge in [0.1, 0.15) is 11.9 Å². The van der Waals surface area contributed by atoms with Gasteiger partial charge in [0.05, 0.1) is 18.6 Å². The molecular weight excluding hydrogens is 271 g/mol. The van der Waals surface area contributed by atoms with Gasteiger partial charge < -0.3 is 4.74 Å². The summed E-state index contributed by atoms with van der Waals surface area (Å²) in [5.41, 5.74) is 0.786. The van der Waals surface area contributed by atoms with Crippen molar-refractivity contribution in [2.24, 2.45) is 5.92 Å². The normalized spacial score (nSPS) is 18.0. The number of nitriles is 1. The van der Waals surface area contributed by atoms with Crippen molar-refractivity contribution in [3.63, 3.8) is 0 Å². The molecule has 0 aliphatic carbocycles. The van der Waals surface area contributed by atoms with Gasteiger partial charge in [-0.25, -0.2) is 4.39 Å². The molecule has 1 unspecified atom stereocenters. The SMILES string of the molecule is CCOC(=O)C1CCN(C(C#N)c2ccc(F)cc2)CC1. The van der Waals surface area contributed by atoms with Gasteiger partial charge >= 0.3 is 5.97 Å². The Morgan fingerprint density at radius 3 is 2.57 bits per heavy atom. The third-order valence-corrected chi connectivity index (χ3v) is 3.82. The van der Waals surface area contributed by atoms with Gasteiger partial charge in [0.15, 0.2) is 0 Å². The van der Waals surface area contributed by atoms with Gasteiger partial charge in [-0.1, -0.05) is 12.1 Å². The lowest BCUT2D eigenvalue weighted by molar-refractivity contribution is -0.149. The van der Waals surface area contributed by atoms with Crippen LogP contribution in [0.25, 0.3) is 0 Å². The molecule has 0 amide bonds. The third-order valence-electron chi connectivity index (χ3n) is 3.82. The molecule has 1 atom stereocenters. The zero-order valence-corrected chi connectivity index (χ0v) is 12.1. The minimum Gasteiger partial charge on any atom is -0.466 e. The summed E-state index contributed by atoms with van der Waals surface area (Å²) in [7, 11) is 0. The molecule has 2 rings (SSSR count). The Morgan fingerprint density at radius 1 is 1.43 bits per heavy atom. The summed E-state index contributed by atoms with van der Waals surface area (Å²) in [5.74, 6) is -0.530. The molecule has 1 aliphatic rings. The van der Waals surface area contributed by atoms with E-state index in [-0.39, 0.29) is 17.7 Å². The summed E-state index contributed by atoms with van der Waals surface area (Å²) >= 11 is 0. The fourth-order valence-electron chi connectivity index (χ4n) is 2.67. The van der Waals surface area contributed by atoms with Crippen LogP contribution in [0, 0.1) is 23.1 Å². The van der Waals surface area contributed by atoms with Gasteiger partial charge in [-0.05, 0) is 37.5 Å². The molecule has 0 N–H and O–H groups in total. The predicted molar refractivity (Wildman–Crippen MR) is 75.7 cm³/mol. The minimum atomic E-state index is -0.395. The maximum Gasteiger partial charge on any atom is 0.309 e. The number of nitrogens with zero attached hydrogens (tertiary/aromatic N) is 2. The van der Waals surface area contributed by atoms with Gasteiger partial charge in [-0.3, -0.25) is 9.69 Å². The van der Waals surface area contributed by atoms with Gasteiger partial charge in [0.2, 0.25) is 0 Å². The maximum atomic E-state index is 13.0. The number of esters is 1. The summed E-state index contributed by atoms with van der Waals surface area (Å²) in [5, 5.41) is 9.38. The van der Waals surface area contributed by atoms with E-state index in [1.165, 1.54) is 12.1 Å². The monoisotopic (exact) mass is 290 g/mol. The maximum absolute atomic E-state index is 13.0. The van der Waals surface area contributed by atoms with E-state index in [2.05, 4.69) is 6.07 Å². The molecular formula is C16H19FN2O2. The first-order valence-corrected chi connectivity index (χ1v) is 7.21. The van der Waals surface area contributed by atoms with Crippen molar-refractivity contribution in [2.75, 3.05) is 19.7 Å². The molecule has 0 radical (unpaired) electrons. The Balaban J connectivity index is 1.98. The van der Waals surface area contributed by atoms with Gasteiger partial charge in [-0.2, -0.15) is 5.26 Å². The number of rotatable bonds is 4. The Hall–Kier alpha value is -1.93. The third kappa shape index (κ3) is 3.79. The summed E-state index contributed by atoms with van der Waals surface area (Å²) in [6, 6.07) is 7.88. The fourth-order valence-corrected chi connectivity index (χ4v) is 2.67. The number of piperidine rings is 1. The first-order valence-electron chi connectivity index (χ1n) is 7.21. The van der Waals surface area contributed by atoms with E-state index in [0.717, 1.165) is 5.56 Å². The highest BCUT2D eigenvalue weighted by atomic mass is 19.1. The van der Waals surface area contributed by atoms with Crippen molar-refractivity contribution in [3.05, 3.63) is 35.6 Å². The van der Waals surface area contributed by atoms with Crippen molar-refractivity contribution < 1.29 is 13.9 Å². The van der Waals surface area contributed by atoms with Crippen LogP contribution in [0.3, 0.4) is 0 Å². The first-order chi connectivity index (χ1) is 10.2. The zero-order chi connectivity index (χ0) is 15.2. The van der Waals surface area contributed by atoms with Crippen LogP contribution in [0.4, 0.5) is 4.39 Å². The van der Waals surface area contributed by atoms with Crippen molar-refractivity contribution in [3.8, 4) is 6.07 Å². The lowest BCUT2D eigenvalue weighted by Gasteiger charge is -2.33. The van der Waals surface area contributed by atoms with E-state index in [4.69, 9.17) is 4.74 Å². The van der Waals surface area contributed by atoms with Crippen molar-refractivity contribution in [1.82, 2.24) is 4.90 Å². The Kier molecular flexibility index (Phi) is 5.29. The number of ether oxygens (including phenoxy) is 1. The molecule has 21 heavy (non-hydrogen) atoms. The standard InChI is InChI=1S/C16H19FN2O2/c1-2-21-16(20)13-7-9-19(10-8-13)15(11-18)12-3-5-14(17)6-4-12/h3-6,13,15H,2,7-10H2,1H3.